The number of unbranched alkanes of at least 4 members (excludes halogenated alkanes) is 1. The molecule has 0 unspecified atom stereocenters. The van der Waals surface area contributed by atoms with Gasteiger partial charge in [0.2, 0.25) is 10.9 Å². The summed E-state index contributed by atoms with van der Waals surface area (Å²) in [4.78, 5) is 31.4. The maximum Gasteiger partial charge on any atom is 0.257 e. The van der Waals surface area contributed by atoms with E-state index in [1.807, 2.05) is 55.5 Å². The van der Waals surface area contributed by atoms with Crippen molar-refractivity contribution in [2.24, 2.45) is 0 Å². The van der Waals surface area contributed by atoms with Gasteiger partial charge < -0.3 is 0 Å². The molecule has 0 spiro atoms. The summed E-state index contributed by atoms with van der Waals surface area (Å²) in [7, 11) is 0. The topological polar surface area (TPSA) is 110 Å². The van der Waals surface area contributed by atoms with Gasteiger partial charge >= 0.3 is 0 Å². The standard InChI is InChI=1S/C29H33N7O2S/c1-3-4-11-26-30-20(2)25(18-27(37)39-35-16-7-8-17-35)29(38)36(26)19-21-12-14-22(15-13-21)23-9-5-6-10-24(23)28-31-33-34-32-28/h5-6,9-10,12-15H,3-4,7-8,11,16-19H2,1-2H3,(H,31,32,33,34). The van der Waals surface area contributed by atoms with Gasteiger partial charge in [-0.3, -0.25) is 14.2 Å². The van der Waals surface area contributed by atoms with Crippen molar-refractivity contribution in [1.29, 1.82) is 0 Å². The summed E-state index contributed by atoms with van der Waals surface area (Å²) in [5.41, 5.74) is 4.94. The number of nitrogens with one attached hydrogen (secondary N) is 1. The molecule has 1 saturated heterocycles. The molecule has 1 aliphatic rings. The van der Waals surface area contributed by atoms with Crippen LogP contribution in [-0.4, -0.2) is 52.7 Å². The Morgan fingerprint density at radius 2 is 1.79 bits per heavy atom. The summed E-state index contributed by atoms with van der Waals surface area (Å²) < 4.78 is 3.85. The monoisotopic (exact) mass is 543 g/mol. The van der Waals surface area contributed by atoms with E-state index in [9.17, 15) is 9.59 Å². The molecule has 1 fully saturated rings. The second-order valence-corrected chi connectivity index (χ2v) is 11.0. The molecule has 10 heteroatoms. The van der Waals surface area contributed by atoms with E-state index in [1.165, 1.54) is 11.9 Å². The van der Waals surface area contributed by atoms with Crippen molar-refractivity contribution in [2.75, 3.05) is 13.1 Å². The Morgan fingerprint density at radius 1 is 1.05 bits per heavy atom. The van der Waals surface area contributed by atoms with Crippen LogP contribution < -0.4 is 5.56 Å². The number of aryl methyl sites for hydroxylation is 2. The SMILES string of the molecule is CCCCc1nc(C)c(CC(=O)SN2CCCC2)c(=O)n1Cc1ccc(-c2ccccc2-c2nn[nH]n2)cc1. The predicted molar refractivity (Wildman–Crippen MR) is 153 cm³/mol. The fraction of sp³-hybridized carbons (Fsp3) is 0.379. The minimum atomic E-state index is -0.115. The van der Waals surface area contributed by atoms with Gasteiger partial charge in [-0.05, 0) is 60.0 Å². The average molecular weight is 544 g/mol. The lowest BCUT2D eigenvalue weighted by Crippen LogP contribution is -2.31. The lowest BCUT2D eigenvalue weighted by atomic mass is 9.98. The summed E-state index contributed by atoms with van der Waals surface area (Å²) in [5.74, 6) is 1.31. The van der Waals surface area contributed by atoms with Crippen LogP contribution >= 0.6 is 11.9 Å². The minimum Gasteiger partial charge on any atom is -0.292 e. The number of rotatable bonds is 10. The molecule has 4 aromatic rings. The van der Waals surface area contributed by atoms with Crippen LogP contribution in [0.1, 0.15) is 55.3 Å². The van der Waals surface area contributed by atoms with Crippen LogP contribution in [-0.2, 0) is 24.2 Å². The highest BCUT2D eigenvalue weighted by Crippen LogP contribution is 2.30. The third-order valence-corrected chi connectivity index (χ3v) is 8.01. The van der Waals surface area contributed by atoms with Crippen molar-refractivity contribution < 1.29 is 4.79 Å². The number of carbonyl (C=O) groups is 1. The van der Waals surface area contributed by atoms with Crippen molar-refractivity contribution in [3.63, 3.8) is 0 Å². The molecule has 0 saturated carbocycles. The smallest absolute Gasteiger partial charge is 0.257 e. The van der Waals surface area contributed by atoms with Gasteiger partial charge in [0.15, 0.2) is 0 Å². The number of hydrogen-bond acceptors (Lipinski definition) is 8. The Morgan fingerprint density at radius 3 is 2.49 bits per heavy atom. The molecule has 0 amide bonds. The van der Waals surface area contributed by atoms with E-state index in [4.69, 9.17) is 4.98 Å². The van der Waals surface area contributed by atoms with Gasteiger partial charge in [-0.2, -0.15) is 5.21 Å². The highest BCUT2D eigenvalue weighted by atomic mass is 32.2. The number of hydrogen-bond donors (Lipinski definition) is 1. The van der Waals surface area contributed by atoms with E-state index in [1.54, 1.807) is 4.57 Å². The van der Waals surface area contributed by atoms with E-state index in [0.29, 0.717) is 23.6 Å². The maximum absolute atomic E-state index is 13.7. The summed E-state index contributed by atoms with van der Waals surface area (Å²) >= 11 is 1.25. The number of nitrogens with zero attached hydrogens (tertiary/aromatic N) is 6. The van der Waals surface area contributed by atoms with E-state index in [2.05, 4.69) is 31.9 Å². The zero-order valence-electron chi connectivity index (χ0n) is 22.4. The lowest BCUT2D eigenvalue weighted by Gasteiger charge is -2.17. The molecule has 0 radical (unpaired) electrons. The predicted octanol–water partition coefficient (Wildman–Crippen LogP) is 4.60. The van der Waals surface area contributed by atoms with Crippen LogP contribution in [0, 0.1) is 6.92 Å². The van der Waals surface area contributed by atoms with Crippen LogP contribution in [0.2, 0.25) is 0 Å². The molecule has 2 aromatic carbocycles. The Balaban J connectivity index is 1.41. The zero-order valence-corrected chi connectivity index (χ0v) is 23.2. The van der Waals surface area contributed by atoms with E-state index in [0.717, 1.165) is 73.3 Å². The summed E-state index contributed by atoms with van der Waals surface area (Å²) in [6, 6.07) is 16.1. The van der Waals surface area contributed by atoms with Gasteiger partial charge in [-0.15, -0.1) is 10.2 Å². The fourth-order valence-corrected chi connectivity index (χ4v) is 5.86. The average Bonchev–Trinajstić information content (AvgIpc) is 3.67. The zero-order chi connectivity index (χ0) is 27.2. The number of benzene rings is 2. The molecular weight excluding hydrogens is 510 g/mol. The largest absolute Gasteiger partial charge is 0.292 e. The van der Waals surface area contributed by atoms with Crippen LogP contribution in [0.3, 0.4) is 0 Å². The number of aromatic nitrogens is 6. The fourth-order valence-electron chi connectivity index (χ4n) is 4.93. The minimum absolute atomic E-state index is 0.00335. The van der Waals surface area contributed by atoms with Crippen molar-refractivity contribution in [3.8, 4) is 22.5 Å². The first-order valence-corrected chi connectivity index (χ1v) is 14.3. The van der Waals surface area contributed by atoms with Crippen LogP contribution in [0.15, 0.2) is 53.3 Å². The normalized spacial score (nSPS) is 13.7. The van der Waals surface area contributed by atoms with E-state index >= 15 is 0 Å². The van der Waals surface area contributed by atoms with Gasteiger partial charge in [-0.25, -0.2) is 9.29 Å². The number of tetrazole rings is 1. The second kappa shape index (κ2) is 12.5. The molecule has 5 rings (SSSR count). The van der Waals surface area contributed by atoms with Gasteiger partial charge in [0.25, 0.3) is 5.56 Å². The molecule has 202 valence electrons. The Kier molecular flexibility index (Phi) is 8.63. The van der Waals surface area contributed by atoms with Crippen LogP contribution in [0.4, 0.5) is 0 Å². The van der Waals surface area contributed by atoms with Gasteiger partial charge in [-0.1, -0.05) is 61.9 Å². The van der Waals surface area contributed by atoms with Crippen molar-refractivity contribution >= 4 is 17.1 Å². The summed E-state index contributed by atoms with van der Waals surface area (Å²) in [5, 5.41) is 14.5. The second-order valence-electron chi connectivity index (χ2n) is 9.84. The first-order valence-electron chi connectivity index (χ1n) is 13.5. The first kappa shape index (κ1) is 27.0. The highest BCUT2D eigenvalue weighted by Gasteiger charge is 2.21. The molecule has 1 aliphatic heterocycles. The Bertz CT molecular complexity index is 1480. The number of H-pyrrole nitrogens is 1. The highest BCUT2D eigenvalue weighted by molar-refractivity contribution is 8.11. The van der Waals surface area contributed by atoms with Gasteiger partial charge in [0.1, 0.15) is 5.82 Å². The molecule has 39 heavy (non-hydrogen) atoms. The van der Waals surface area contributed by atoms with Crippen LogP contribution in [0.5, 0.6) is 0 Å². The molecule has 2 aromatic heterocycles. The lowest BCUT2D eigenvalue weighted by molar-refractivity contribution is -0.110. The van der Waals surface area contributed by atoms with Crippen molar-refractivity contribution in [3.05, 3.63) is 81.5 Å². The number of aromatic amines is 1. The van der Waals surface area contributed by atoms with Crippen molar-refractivity contribution in [2.45, 2.75) is 58.9 Å². The molecule has 0 atom stereocenters. The summed E-state index contributed by atoms with van der Waals surface area (Å²) in [6.45, 7) is 6.22. The van der Waals surface area contributed by atoms with E-state index in [-0.39, 0.29) is 17.1 Å². The Labute approximate surface area is 232 Å². The maximum atomic E-state index is 13.7. The van der Waals surface area contributed by atoms with Crippen LogP contribution in [0.25, 0.3) is 22.5 Å². The molecule has 1 N–H and O–H groups in total. The van der Waals surface area contributed by atoms with Gasteiger partial charge in [0, 0.05) is 36.3 Å². The van der Waals surface area contributed by atoms with Gasteiger partial charge in [0.05, 0.1) is 13.0 Å². The third kappa shape index (κ3) is 6.34. The molecule has 3 heterocycles. The molecule has 0 bridgehead atoms. The number of carbonyl (C=O) groups excluding carboxylic acids is 1. The summed E-state index contributed by atoms with van der Waals surface area (Å²) in [6.07, 6.45) is 5.00. The first-order chi connectivity index (χ1) is 19.0. The Hall–Kier alpha value is -3.63. The van der Waals surface area contributed by atoms with E-state index < -0.39 is 0 Å². The molecule has 0 aliphatic carbocycles. The quantitative estimate of drug-likeness (QED) is 0.289. The molecule has 9 nitrogen and oxygen atoms in total. The van der Waals surface area contributed by atoms with Crippen molar-refractivity contribution in [1.82, 2.24) is 34.5 Å². The molecular formula is C29H33N7O2S. The third-order valence-electron chi connectivity index (χ3n) is 7.04.